The molecular weight excluding hydrogens is 324 g/mol. The molecule has 24 heavy (non-hydrogen) atoms. The zero-order chi connectivity index (χ0) is 16.6. The van der Waals surface area contributed by atoms with Crippen LogP contribution in [0.5, 0.6) is 0 Å². The Kier molecular flexibility index (Phi) is 4.02. The summed E-state index contributed by atoms with van der Waals surface area (Å²) in [6.07, 6.45) is 1.97. The van der Waals surface area contributed by atoms with E-state index in [1.807, 2.05) is 23.1 Å². The molecule has 1 spiro atoms. The number of amides is 1. The molecule has 0 radical (unpaired) electrons. The monoisotopic (exact) mass is 342 g/mol. The number of carbonyl (C=O) groups excluding carboxylic acids is 1. The maximum Gasteiger partial charge on any atom is 0.273 e. The SMILES string of the molecule is O=C(c1cccc(Cl)n1)N1CC2(CCOCC2)C1c1ccccc1. The van der Waals surface area contributed by atoms with Gasteiger partial charge in [0.1, 0.15) is 10.8 Å². The Morgan fingerprint density at radius 2 is 1.88 bits per heavy atom. The van der Waals surface area contributed by atoms with Gasteiger partial charge in [0.05, 0.1) is 6.04 Å². The van der Waals surface area contributed by atoms with Gasteiger partial charge in [-0.1, -0.05) is 48.0 Å². The lowest BCUT2D eigenvalue weighted by Crippen LogP contribution is -2.62. The molecule has 0 N–H and O–H groups in total. The second-order valence-corrected chi connectivity index (χ2v) is 6.95. The van der Waals surface area contributed by atoms with Crippen LogP contribution < -0.4 is 0 Å². The highest BCUT2D eigenvalue weighted by atomic mass is 35.5. The van der Waals surface area contributed by atoms with E-state index in [9.17, 15) is 4.79 Å². The summed E-state index contributed by atoms with van der Waals surface area (Å²) in [6, 6.07) is 15.5. The van der Waals surface area contributed by atoms with Gasteiger partial charge in [0.2, 0.25) is 0 Å². The number of halogens is 1. The van der Waals surface area contributed by atoms with E-state index in [-0.39, 0.29) is 17.4 Å². The molecule has 2 saturated heterocycles. The molecule has 3 heterocycles. The van der Waals surface area contributed by atoms with E-state index in [1.54, 1.807) is 18.2 Å². The van der Waals surface area contributed by atoms with Gasteiger partial charge in [-0.05, 0) is 30.5 Å². The summed E-state index contributed by atoms with van der Waals surface area (Å²) in [7, 11) is 0. The third-order valence-corrected chi connectivity index (χ3v) is 5.39. The number of nitrogens with zero attached hydrogens (tertiary/aromatic N) is 2. The molecule has 1 aromatic heterocycles. The number of likely N-dealkylation sites (tertiary alicyclic amines) is 1. The number of rotatable bonds is 2. The highest BCUT2D eigenvalue weighted by Gasteiger charge is 2.55. The number of hydrogen-bond acceptors (Lipinski definition) is 3. The van der Waals surface area contributed by atoms with Gasteiger partial charge in [-0.15, -0.1) is 0 Å². The smallest absolute Gasteiger partial charge is 0.273 e. The van der Waals surface area contributed by atoms with E-state index in [4.69, 9.17) is 16.3 Å². The highest BCUT2D eigenvalue weighted by molar-refractivity contribution is 6.29. The fourth-order valence-electron chi connectivity index (χ4n) is 3.98. The zero-order valence-corrected chi connectivity index (χ0v) is 14.1. The van der Waals surface area contributed by atoms with Crippen LogP contribution in [0.4, 0.5) is 0 Å². The van der Waals surface area contributed by atoms with Gasteiger partial charge in [0.25, 0.3) is 5.91 Å². The van der Waals surface area contributed by atoms with Crippen molar-refractivity contribution in [1.82, 2.24) is 9.88 Å². The van der Waals surface area contributed by atoms with Crippen molar-refractivity contribution >= 4 is 17.5 Å². The molecule has 1 amide bonds. The molecule has 2 aromatic rings. The van der Waals surface area contributed by atoms with Crippen LogP contribution in [0.2, 0.25) is 5.15 Å². The minimum Gasteiger partial charge on any atom is -0.381 e. The Hall–Kier alpha value is -1.91. The first-order valence-electron chi connectivity index (χ1n) is 8.26. The lowest BCUT2D eigenvalue weighted by atomic mass is 9.64. The highest BCUT2D eigenvalue weighted by Crippen LogP contribution is 2.54. The van der Waals surface area contributed by atoms with Crippen LogP contribution in [-0.2, 0) is 4.74 Å². The standard InChI is InChI=1S/C19H19ClN2O2/c20-16-8-4-7-15(21-16)18(23)22-13-19(9-11-24-12-10-19)17(22)14-5-2-1-3-6-14/h1-8,17H,9-13H2. The van der Waals surface area contributed by atoms with Crippen molar-refractivity contribution in [3.8, 4) is 0 Å². The van der Waals surface area contributed by atoms with Gasteiger partial charge >= 0.3 is 0 Å². The van der Waals surface area contributed by atoms with Gasteiger partial charge in [0, 0.05) is 25.2 Å². The van der Waals surface area contributed by atoms with Crippen LogP contribution in [0.15, 0.2) is 48.5 Å². The van der Waals surface area contributed by atoms with Crippen molar-refractivity contribution in [3.63, 3.8) is 0 Å². The summed E-state index contributed by atoms with van der Waals surface area (Å²) in [4.78, 5) is 19.1. The first-order chi connectivity index (χ1) is 11.7. The zero-order valence-electron chi connectivity index (χ0n) is 13.3. The number of benzene rings is 1. The fraction of sp³-hybridized carbons (Fsp3) is 0.368. The Balaban J connectivity index is 1.67. The van der Waals surface area contributed by atoms with E-state index < -0.39 is 0 Å². The predicted octanol–water partition coefficient (Wildman–Crippen LogP) is 3.73. The largest absolute Gasteiger partial charge is 0.381 e. The van der Waals surface area contributed by atoms with Gasteiger partial charge in [-0.25, -0.2) is 4.98 Å². The molecule has 1 aromatic carbocycles. The molecule has 124 valence electrons. The summed E-state index contributed by atoms with van der Waals surface area (Å²) in [5.41, 5.74) is 1.71. The molecule has 4 nitrogen and oxygen atoms in total. The van der Waals surface area contributed by atoms with E-state index in [0.29, 0.717) is 10.8 Å². The Bertz CT molecular complexity index is 744. The van der Waals surface area contributed by atoms with Crippen molar-refractivity contribution < 1.29 is 9.53 Å². The van der Waals surface area contributed by atoms with Crippen LogP contribution >= 0.6 is 11.6 Å². The van der Waals surface area contributed by atoms with Gasteiger partial charge < -0.3 is 9.64 Å². The number of hydrogen-bond donors (Lipinski definition) is 0. The normalized spacial score (nSPS) is 22.2. The first-order valence-corrected chi connectivity index (χ1v) is 8.64. The van der Waals surface area contributed by atoms with Crippen LogP contribution in [0.25, 0.3) is 0 Å². The molecular formula is C19H19ClN2O2. The number of ether oxygens (including phenoxy) is 1. The average molecular weight is 343 g/mol. The van der Waals surface area contributed by atoms with Gasteiger partial charge in [0.15, 0.2) is 0 Å². The van der Waals surface area contributed by atoms with Crippen LogP contribution in [-0.4, -0.2) is 35.5 Å². The fourth-order valence-corrected chi connectivity index (χ4v) is 4.14. The summed E-state index contributed by atoms with van der Waals surface area (Å²) < 4.78 is 5.55. The van der Waals surface area contributed by atoms with Gasteiger partial charge in [-0.2, -0.15) is 0 Å². The molecule has 5 heteroatoms. The summed E-state index contributed by atoms with van der Waals surface area (Å²) in [5.74, 6) is -0.0523. The first kappa shape index (κ1) is 15.6. The van der Waals surface area contributed by atoms with Crippen molar-refractivity contribution in [1.29, 1.82) is 0 Å². The second kappa shape index (κ2) is 6.19. The molecule has 0 bridgehead atoms. The van der Waals surface area contributed by atoms with Crippen LogP contribution in [0, 0.1) is 5.41 Å². The number of pyridine rings is 1. The van der Waals surface area contributed by atoms with Crippen molar-refractivity contribution in [2.45, 2.75) is 18.9 Å². The molecule has 4 rings (SSSR count). The minimum atomic E-state index is -0.0523. The lowest BCUT2D eigenvalue weighted by Gasteiger charge is -2.59. The topological polar surface area (TPSA) is 42.4 Å². The molecule has 0 saturated carbocycles. The number of aromatic nitrogens is 1. The van der Waals surface area contributed by atoms with E-state index in [1.165, 1.54) is 5.56 Å². The summed E-state index contributed by atoms with van der Waals surface area (Å²) in [5, 5.41) is 0.346. The van der Waals surface area contributed by atoms with E-state index in [0.717, 1.165) is 32.6 Å². The summed E-state index contributed by atoms with van der Waals surface area (Å²) >= 11 is 5.95. The average Bonchev–Trinajstić information content (AvgIpc) is 2.61. The molecule has 1 unspecified atom stereocenters. The molecule has 2 aliphatic heterocycles. The second-order valence-electron chi connectivity index (χ2n) is 6.57. The minimum absolute atomic E-state index is 0.0523. The maximum atomic E-state index is 13.0. The van der Waals surface area contributed by atoms with E-state index >= 15 is 0 Å². The Morgan fingerprint density at radius 1 is 1.12 bits per heavy atom. The molecule has 2 fully saturated rings. The van der Waals surface area contributed by atoms with Crippen LogP contribution in [0.1, 0.15) is 34.9 Å². The third kappa shape index (κ3) is 2.60. The quantitative estimate of drug-likeness (QED) is 0.781. The van der Waals surface area contributed by atoms with Crippen molar-refractivity contribution in [2.24, 2.45) is 5.41 Å². The maximum absolute atomic E-state index is 13.0. The van der Waals surface area contributed by atoms with Crippen molar-refractivity contribution in [2.75, 3.05) is 19.8 Å². The van der Waals surface area contributed by atoms with Gasteiger partial charge in [-0.3, -0.25) is 4.79 Å². The Morgan fingerprint density at radius 3 is 2.58 bits per heavy atom. The molecule has 2 aliphatic rings. The molecule has 1 atom stereocenters. The van der Waals surface area contributed by atoms with Crippen LogP contribution in [0.3, 0.4) is 0 Å². The number of carbonyl (C=O) groups is 1. The lowest BCUT2D eigenvalue weighted by molar-refractivity contribution is -0.115. The van der Waals surface area contributed by atoms with Crippen molar-refractivity contribution in [3.05, 3.63) is 64.9 Å². The summed E-state index contributed by atoms with van der Waals surface area (Å²) in [6.45, 7) is 2.28. The third-order valence-electron chi connectivity index (χ3n) is 5.18. The molecule has 0 aliphatic carbocycles. The Labute approximate surface area is 146 Å². The van der Waals surface area contributed by atoms with E-state index in [2.05, 4.69) is 17.1 Å². The predicted molar refractivity (Wildman–Crippen MR) is 92.0 cm³/mol.